The first kappa shape index (κ1) is 15.2. The molecule has 3 heterocycles. The number of rotatable bonds is 4. The van der Waals surface area contributed by atoms with Crippen LogP contribution >= 0.6 is 15.9 Å². The fraction of sp³-hybridized carbons (Fsp3) is 0.538. The summed E-state index contributed by atoms with van der Waals surface area (Å²) in [5.74, 6) is 1.12. The van der Waals surface area contributed by atoms with Crippen molar-refractivity contribution in [2.24, 2.45) is 0 Å². The van der Waals surface area contributed by atoms with Gasteiger partial charge in [0.1, 0.15) is 0 Å². The molecule has 22 heavy (non-hydrogen) atoms. The van der Waals surface area contributed by atoms with Gasteiger partial charge in [0.15, 0.2) is 0 Å². The van der Waals surface area contributed by atoms with E-state index < -0.39 is 5.60 Å². The van der Waals surface area contributed by atoms with Gasteiger partial charge in [-0.15, -0.1) is 5.10 Å². The zero-order valence-corrected chi connectivity index (χ0v) is 13.8. The molecule has 0 saturated carbocycles. The number of methoxy groups -OCH3 is 1. The third kappa shape index (κ3) is 3.20. The molecule has 1 fully saturated rings. The second-order valence-corrected chi connectivity index (χ2v) is 6.19. The molecule has 9 heteroatoms. The SMILES string of the molecule is COc1nc(N2CCC(O)(Cn3ccnn3)CC2)ncc1Br. The van der Waals surface area contributed by atoms with Crippen molar-refractivity contribution >= 4 is 21.9 Å². The molecule has 2 aromatic rings. The van der Waals surface area contributed by atoms with Crippen LogP contribution in [-0.4, -0.2) is 55.9 Å². The van der Waals surface area contributed by atoms with Gasteiger partial charge in [-0.2, -0.15) is 4.98 Å². The summed E-state index contributed by atoms with van der Waals surface area (Å²) in [5, 5.41) is 18.3. The Labute approximate surface area is 136 Å². The summed E-state index contributed by atoms with van der Waals surface area (Å²) in [6.45, 7) is 1.80. The van der Waals surface area contributed by atoms with Crippen LogP contribution in [0.4, 0.5) is 5.95 Å². The smallest absolute Gasteiger partial charge is 0.232 e. The molecule has 1 N–H and O–H groups in total. The number of anilines is 1. The Morgan fingerprint density at radius 3 is 2.82 bits per heavy atom. The second-order valence-electron chi connectivity index (χ2n) is 5.34. The number of halogens is 1. The number of nitrogens with zero attached hydrogens (tertiary/aromatic N) is 6. The summed E-state index contributed by atoms with van der Waals surface area (Å²) < 4.78 is 7.58. The molecule has 1 aliphatic heterocycles. The number of aromatic nitrogens is 5. The van der Waals surface area contributed by atoms with Gasteiger partial charge in [-0.05, 0) is 28.8 Å². The minimum Gasteiger partial charge on any atom is -0.480 e. The van der Waals surface area contributed by atoms with Gasteiger partial charge in [-0.3, -0.25) is 0 Å². The maximum atomic E-state index is 10.7. The van der Waals surface area contributed by atoms with Crippen molar-refractivity contribution < 1.29 is 9.84 Å². The highest BCUT2D eigenvalue weighted by molar-refractivity contribution is 9.10. The second kappa shape index (κ2) is 6.17. The van der Waals surface area contributed by atoms with Gasteiger partial charge < -0.3 is 14.7 Å². The standard InChI is InChI=1S/C13H17BrN6O2/c1-22-11-10(14)8-15-12(17-11)19-5-2-13(21,3-6-19)9-20-7-4-16-18-20/h4,7-8,21H,2-3,5-6,9H2,1H3. The van der Waals surface area contributed by atoms with E-state index in [0.29, 0.717) is 44.3 Å². The highest BCUT2D eigenvalue weighted by atomic mass is 79.9. The number of piperidine rings is 1. The van der Waals surface area contributed by atoms with Crippen molar-refractivity contribution in [2.45, 2.75) is 25.0 Å². The fourth-order valence-electron chi connectivity index (χ4n) is 2.54. The van der Waals surface area contributed by atoms with E-state index in [0.717, 1.165) is 4.47 Å². The summed E-state index contributed by atoms with van der Waals surface area (Å²) in [6, 6.07) is 0. The third-order valence-corrected chi connectivity index (χ3v) is 4.34. The average molecular weight is 369 g/mol. The zero-order valence-electron chi connectivity index (χ0n) is 12.2. The van der Waals surface area contributed by atoms with E-state index in [9.17, 15) is 5.11 Å². The van der Waals surface area contributed by atoms with E-state index in [1.54, 1.807) is 30.4 Å². The quantitative estimate of drug-likeness (QED) is 0.856. The molecule has 0 spiro atoms. The molecule has 0 bridgehead atoms. The molecule has 0 amide bonds. The van der Waals surface area contributed by atoms with E-state index in [1.807, 2.05) is 4.90 Å². The van der Waals surface area contributed by atoms with Crippen LogP contribution in [0.25, 0.3) is 0 Å². The molecule has 0 unspecified atom stereocenters. The van der Waals surface area contributed by atoms with Crippen LogP contribution in [0.1, 0.15) is 12.8 Å². The maximum Gasteiger partial charge on any atom is 0.232 e. The molecule has 1 saturated heterocycles. The number of hydrogen-bond acceptors (Lipinski definition) is 7. The van der Waals surface area contributed by atoms with Gasteiger partial charge in [-0.1, -0.05) is 5.21 Å². The molecule has 0 atom stereocenters. The van der Waals surface area contributed by atoms with Crippen LogP contribution in [-0.2, 0) is 6.54 Å². The van der Waals surface area contributed by atoms with Gasteiger partial charge in [0, 0.05) is 19.3 Å². The Balaban J connectivity index is 1.66. The Morgan fingerprint density at radius 2 is 2.18 bits per heavy atom. The molecular formula is C13H17BrN6O2. The van der Waals surface area contributed by atoms with Crippen LogP contribution in [0, 0.1) is 0 Å². The van der Waals surface area contributed by atoms with Crippen LogP contribution in [0.2, 0.25) is 0 Å². The predicted octanol–water partition coefficient (Wildman–Crippen LogP) is 0.871. The highest BCUT2D eigenvalue weighted by Gasteiger charge is 2.34. The van der Waals surface area contributed by atoms with Crippen molar-refractivity contribution in [3.05, 3.63) is 23.1 Å². The first-order chi connectivity index (χ1) is 10.6. The van der Waals surface area contributed by atoms with E-state index >= 15 is 0 Å². The minimum atomic E-state index is -0.774. The predicted molar refractivity (Wildman–Crippen MR) is 82.7 cm³/mol. The van der Waals surface area contributed by atoms with Crippen LogP contribution in [0.15, 0.2) is 23.1 Å². The van der Waals surface area contributed by atoms with Gasteiger partial charge >= 0.3 is 0 Å². The molecule has 0 aliphatic carbocycles. The molecule has 1 aliphatic rings. The van der Waals surface area contributed by atoms with Crippen LogP contribution in [0.5, 0.6) is 5.88 Å². The lowest BCUT2D eigenvalue weighted by Gasteiger charge is -2.38. The number of hydrogen-bond donors (Lipinski definition) is 1. The third-order valence-electron chi connectivity index (χ3n) is 3.80. The Morgan fingerprint density at radius 1 is 1.41 bits per heavy atom. The largest absolute Gasteiger partial charge is 0.480 e. The minimum absolute atomic E-state index is 0.450. The maximum absolute atomic E-state index is 10.7. The Hall–Kier alpha value is -1.74. The van der Waals surface area contributed by atoms with E-state index in [4.69, 9.17) is 4.74 Å². The van der Waals surface area contributed by atoms with Crippen LogP contribution in [0.3, 0.4) is 0 Å². The first-order valence-electron chi connectivity index (χ1n) is 6.98. The monoisotopic (exact) mass is 368 g/mol. The van der Waals surface area contributed by atoms with Gasteiger partial charge in [-0.25, -0.2) is 9.67 Å². The molecular weight excluding hydrogens is 352 g/mol. The lowest BCUT2D eigenvalue weighted by molar-refractivity contribution is -0.00367. The van der Waals surface area contributed by atoms with Crippen molar-refractivity contribution in [1.29, 1.82) is 0 Å². The van der Waals surface area contributed by atoms with E-state index in [-0.39, 0.29) is 0 Å². The lowest BCUT2D eigenvalue weighted by atomic mass is 9.91. The summed E-state index contributed by atoms with van der Waals surface area (Å²) in [5.41, 5.74) is -0.774. The summed E-state index contributed by atoms with van der Waals surface area (Å²) in [7, 11) is 1.57. The van der Waals surface area contributed by atoms with E-state index in [2.05, 4.69) is 36.2 Å². The molecule has 118 valence electrons. The molecule has 2 aromatic heterocycles. The van der Waals surface area contributed by atoms with Crippen molar-refractivity contribution in [3.8, 4) is 5.88 Å². The Bertz CT molecular complexity index is 627. The van der Waals surface area contributed by atoms with Gasteiger partial charge in [0.05, 0.1) is 36.1 Å². The summed E-state index contributed by atoms with van der Waals surface area (Å²) in [6.07, 6.45) is 6.29. The van der Waals surface area contributed by atoms with Crippen LogP contribution < -0.4 is 9.64 Å². The van der Waals surface area contributed by atoms with Crippen molar-refractivity contribution in [3.63, 3.8) is 0 Å². The average Bonchev–Trinajstić information content (AvgIpc) is 3.01. The number of ether oxygens (including phenoxy) is 1. The topological polar surface area (TPSA) is 89.2 Å². The molecule has 8 nitrogen and oxygen atoms in total. The normalized spacial score (nSPS) is 17.5. The van der Waals surface area contributed by atoms with Crippen molar-refractivity contribution in [2.75, 3.05) is 25.1 Å². The molecule has 3 rings (SSSR count). The zero-order chi connectivity index (χ0) is 15.6. The van der Waals surface area contributed by atoms with Gasteiger partial charge in [0.2, 0.25) is 11.8 Å². The Kier molecular flexibility index (Phi) is 4.25. The molecule has 0 aromatic carbocycles. The first-order valence-corrected chi connectivity index (χ1v) is 7.77. The highest BCUT2D eigenvalue weighted by Crippen LogP contribution is 2.28. The van der Waals surface area contributed by atoms with E-state index in [1.165, 1.54) is 0 Å². The molecule has 0 radical (unpaired) electrons. The van der Waals surface area contributed by atoms with Gasteiger partial charge in [0.25, 0.3) is 0 Å². The fourth-order valence-corrected chi connectivity index (χ4v) is 2.89. The van der Waals surface area contributed by atoms with Crippen molar-refractivity contribution in [1.82, 2.24) is 25.0 Å². The summed E-state index contributed by atoms with van der Waals surface area (Å²) >= 11 is 3.34. The number of aliphatic hydroxyl groups is 1. The lowest BCUT2D eigenvalue weighted by Crippen LogP contribution is -2.47. The summed E-state index contributed by atoms with van der Waals surface area (Å²) in [4.78, 5) is 10.7.